The van der Waals surface area contributed by atoms with Gasteiger partial charge in [-0.3, -0.25) is 5.41 Å². The molecule has 0 heterocycles. The largest absolute Gasteiger partial charge is 0.486 e. The van der Waals surface area contributed by atoms with E-state index in [-0.39, 0.29) is 18.2 Å². The molecule has 3 N–H and O–H groups in total. The minimum Gasteiger partial charge on any atom is -0.486 e. The monoisotopic (exact) mass is 278 g/mol. The molecule has 5 heteroatoms. The van der Waals surface area contributed by atoms with Gasteiger partial charge in [-0.15, -0.1) is 0 Å². The highest BCUT2D eigenvalue weighted by Gasteiger charge is 2.06. The molecule has 2 aromatic carbocycles. The third-order valence-electron chi connectivity index (χ3n) is 2.53. The standard InChI is InChI=1S/C14H12ClFN2O/c15-11-3-1-2-9(6-11)8-19-13-5-4-10(14(17)18)7-12(13)16/h1-7H,8H2,(H3,17,18). The Bertz CT molecular complexity index is 616. The number of hydrogen-bond acceptors (Lipinski definition) is 2. The van der Waals surface area contributed by atoms with Gasteiger partial charge in [0.15, 0.2) is 11.6 Å². The number of hydrogen-bond donors (Lipinski definition) is 2. The van der Waals surface area contributed by atoms with Crippen molar-refractivity contribution in [2.24, 2.45) is 5.73 Å². The maximum absolute atomic E-state index is 13.7. The van der Waals surface area contributed by atoms with Crippen LogP contribution in [0, 0.1) is 11.2 Å². The number of nitrogens with one attached hydrogen (secondary N) is 1. The van der Waals surface area contributed by atoms with Crippen LogP contribution in [0.5, 0.6) is 5.75 Å². The molecule has 0 saturated heterocycles. The van der Waals surface area contributed by atoms with E-state index < -0.39 is 5.82 Å². The second-order valence-electron chi connectivity index (χ2n) is 3.98. The SMILES string of the molecule is N=C(N)c1ccc(OCc2cccc(Cl)c2)c(F)c1. The van der Waals surface area contributed by atoms with Gasteiger partial charge in [-0.25, -0.2) is 4.39 Å². The van der Waals surface area contributed by atoms with Gasteiger partial charge in [0.1, 0.15) is 12.4 Å². The first-order chi connectivity index (χ1) is 9.06. The summed E-state index contributed by atoms with van der Waals surface area (Å²) in [4.78, 5) is 0. The van der Waals surface area contributed by atoms with Gasteiger partial charge >= 0.3 is 0 Å². The van der Waals surface area contributed by atoms with E-state index in [1.165, 1.54) is 12.1 Å². The third kappa shape index (κ3) is 3.45. The maximum atomic E-state index is 13.7. The van der Waals surface area contributed by atoms with Crippen LogP contribution in [0.4, 0.5) is 4.39 Å². The Morgan fingerprint density at radius 1 is 1.26 bits per heavy atom. The van der Waals surface area contributed by atoms with E-state index in [0.29, 0.717) is 10.6 Å². The van der Waals surface area contributed by atoms with Crippen molar-refractivity contribution in [1.82, 2.24) is 0 Å². The normalized spacial score (nSPS) is 10.2. The number of benzene rings is 2. The van der Waals surface area contributed by atoms with Gasteiger partial charge in [0.05, 0.1) is 0 Å². The molecule has 0 spiro atoms. The van der Waals surface area contributed by atoms with Gasteiger partial charge < -0.3 is 10.5 Å². The first-order valence-electron chi connectivity index (χ1n) is 5.57. The molecule has 98 valence electrons. The average Bonchev–Trinajstić information content (AvgIpc) is 2.37. The van der Waals surface area contributed by atoms with E-state index in [0.717, 1.165) is 5.56 Å². The molecule has 0 radical (unpaired) electrons. The highest BCUT2D eigenvalue weighted by atomic mass is 35.5. The Labute approximate surface area is 115 Å². The van der Waals surface area contributed by atoms with Gasteiger partial charge in [0.25, 0.3) is 0 Å². The summed E-state index contributed by atoms with van der Waals surface area (Å²) >= 11 is 5.85. The van der Waals surface area contributed by atoms with Crippen LogP contribution in [0.2, 0.25) is 5.02 Å². The second kappa shape index (κ2) is 5.71. The van der Waals surface area contributed by atoms with Gasteiger partial charge in [-0.05, 0) is 35.9 Å². The highest BCUT2D eigenvalue weighted by Crippen LogP contribution is 2.20. The fraction of sp³-hybridized carbons (Fsp3) is 0.0714. The van der Waals surface area contributed by atoms with E-state index in [4.69, 9.17) is 27.5 Å². The van der Waals surface area contributed by atoms with E-state index in [2.05, 4.69) is 0 Å². The molecule has 0 aliphatic rings. The topological polar surface area (TPSA) is 59.1 Å². The number of nitrogens with two attached hydrogens (primary N) is 1. The zero-order valence-electron chi connectivity index (χ0n) is 9.99. The Hall–Kier alpha value is -2.07. The van der Waals surface area contributed by atoms with Gasteiger partial charge in [0.2, 0.25) is 0 Å². The lowest BCUT2D eigenvalue weighted by Crippen LogP contribution is -2.11. The van der Waals surface area contributed by atoms with E-state index in [9.17, 15) is 4.39 Å². The minimum atomic E-state index is -0.547. The predicted molar refractivity (Wildman–Crippen MR) is 73.2 cm³/mol. The molecule has 0 atom stereocenters. The van der Waals surface area contributed by atoms with E-state index >= 15 is 0 Å². The molecule has 3 nitrogen and oxygen atoms in total. The summed E-state index contributed by atoms with van der Waals surface area (Å²) in [5.74, 6) is -0.611. The molecule has 0 amide bonds. The van der Waals surface area contributed by atoms with Crippen molar-refractivity contribution in [3.05, 3.63) is 64.4 Å². The van der Waals surface area contributed by atoms with E-state index in [1.807, 2.05) is 6.07 Å². The molecule has 0 aliphatic heterocycles. The van der Waals surface area contributed by atoms with Crippen molar-refractivity contribution in [3.63, 3.8) is 0 Å². The average molecular weight is 279 g/mol. The molecule has 0 fully saturated rings. The van der Waals surface area contributed by atoms with E-state index in [1.54, 1.807) is 24.3 Å². The summed E-state index contributed by atoms with van der Waals surface area (Å²) in [7, 11) is 0. The van der Waals surface area contributed by atoms with Crippen molar-refractivity contribution in [2.75, 3.05) is 0 Å². The molecular formula is C14H12ClFN2O. The fourth-order valence-corrected chi connectivity index (χ4v) is 1.79. The summed E-state index contributed by atoms with van der Waals surface area (Å²) in [6.07, 6.45) is 0. The number of halogens is 2. The zero-order chi connectivity index (χ0) is 13.8. The molecule has 0 unspecified atom stereocenters. The molecule has 0 aromatic heterocycles. The lowest BCUT2D eigenvalue weighted by Gasteiger charge is -2.08. The summed E-state index contributed by atoms with van der Waals surface area (Å²) in [5, 5.41) is 7.82. The summed E-state index contributed by atoms with van der Waals surface area (Å²) in [5.41, 5.74) is 6.45. The first-order valence-corrected chi connectivity index (χ1v) is 5.95. The van der Waals surface area contributed by atoms with Gasteiger partial charge in [-0.2, -0.15) is 0 Å². The first kappa shape index (κ1) is 13.4. The molecule has 19 heavy (non-hydrogen) atoms. The number of nitrogen functional groups attached to an aromatic ring is 1. The smallest absolute Gasteiger partial charge is 0.165 e. The van der Waals surface area contributed by atoms with Crippen LogP contribution in [-0.2, 0) is 6.61 Å². The van der Waals surface area contributed by atoms with Crippen molar-refractivity contribution in [3.8, 4) is 5.75 Å². The molecular weight excluding hydrogens is 267 g/mol. The van der Waals surface area contributed by atoms with Crippen molar-refractivity contribution in [1.29, 1.82) is 5.41 Å². The maximum Gasteiger partial charge on any atom is 0.165 e. The lowest BCUT2D eigenvalue weighted by atomic mass is 10.2. The van der Waals surface area contributed by atoms with Crippen LogP contribution >= 0.6 is 11.6 Å². The predicted octanol–water partition coefficient (Wildman–Crippen LogP) is 3.34. The Kier molecular flexibility index (Phi) is 4.02. The van der Waals surface area contributed by atoms with Gasteiger partial charge in [-0.1, -0.05) is 23.7 Å². The number of rotatable bonds is 4. The Balaban J connectivity index is 2.10. The van der Waals surface area contributed by atoms with Crippen LogP contribution in [0.25, 0.3) is 0 Å². The summed E-state index contributed by atoms with van der Waals surface area (Å²) in [6, 6.07) is 11.3. The van der Waals surface area contributed by atoms with Crippen LogP contribution in [-0.4, -0.2) is 5.84 Å². The Morgan fingerprint density at radius 2 is 2.05 bits per heavy atom. The fourth-order valence-electron chi connectivity index (χ4n) is 1.57. The van der Waals surface area contributed by atoms with Crippen LogP contribution < -0.4 is 10.5 Å². The van der Waals surface area contributed by atoms with Crippen molar-refractivity contribution < 1.29 is 9.13 Å². The van der Waals surface area contributed by atoms with Crippen molar-refractivity contribution >= 4 is 17.4 Å². The lowest BCUT2D eigenvalue weighted by molar-refractivity contribution is 0.290. The Morgan fingerprint density at radius 3 is 2.68 bits per heavy atom. The number of ether oxygens (including phenoxy) is 1. The van der Waals surface area contributed by atoms with Crippen LogP contribution in [0.15, 0.2) is 42.5 Å². The van der Waals surface area contributed by atoms with Crippen LogP contribution in [0.1, 0.15) is 11.1 Å². The van der Waals surface area contributed by atoms with Gasteiger partial charge in [0, 0.05) is 10.6 Å². The molecule has 0 saturated carbocycles. The third-order valence-corrected chi connectivity index (χ3v) is 2.76. The summed E-state index contributed by atoms with van der Waals surface area (Å²) < 4.78 is 19.1. The molecule has 2 rings (SSSR count). The molecule has 0 bridgehead atoms. The highest BCUT2D eigenvalue weighted by molar-refractivity contribution is 6.30. The molecule has 0 aliphatic carbocycles. The van der Waals surface area contributed by atoms with Crippen LogP contribution in [0.3, 0.4) is 0 Å². The van der Waals surface area contributed by atoms with Crippen molar-refractivity contribution in [2.45, 2.75) is 6.61 Å². The molecule has 2 aromatic rings. The minimum absolute atomic E-state index is 0.116. The second-order valence-corrected chi connectivity index (χ2v) is 4.41. The quantitative estimate of drug-likeness (QED) is 0.666. The summed E-state index contributed by atoms with van der Waals surface area (Å²) in [6.45, 7) is 0.219. The zero-order valence-corrected chi connectivity index (χ0v) is 10.7. The number of amidine groups is 1.